The standard InChI is InChI=1S/C15H21N3O3/c1-10(12-5-7-16-17(12)2)13(19)18-8-11-4-3-6-15(11,9-18)14(20)21/h5,7,10-11H,3-4,6,8-9H2,1-2H3,(H,20,21)/t10?,11-,15+/m0/s1. The normalized spacial score (nSPS) is 29.4. The zero-order valence-corrected chi connectivity index (χ0v) is 12.5. The highest BCUT2D eigenvalue weighted by Crippen LogP contribution is 2.49. The molecular formula is C15H21N3O3. The minimum Gasteiger partial charge on any atom is -0.481 e. The summed E-state index contributed by atoms with van der Waals surface area (Å²) >= 11 is 0. The van der Waals surface area contributed by atoms with Gasteiger partial charge in [-0.15, -0.1) is 0 Å². The van der Waals surface area contributed by atoms with Crippen LogP contribution in [0.2, 0.25) is 0 Å². The van der Waals surface area contributed by atoms with Crippen molar-refractivity contribution in [2.24, 2.45) is 18.4 Å². The van der Waals surface area contributed by atoms with Gasteiger partial charge in [0.2, 0.25) is 5.91 Å². The number of aryl methyl sites for hydroxylation is 1. The maximum atomic E-state index is 12.7. The number of rotatable bonds is 3. The van der Waals surface area contributed by atoms with Crippen molar-refractivity contribution < 1.29 is 14.7 Å². The van der Waals surface area contributed by atoms with Gasteiger partial charge in [0.25, 0.3) is 0 Å². The molecule has 3 rings (SSSR count). The van der Waals surface area contributed by atoms with Crippen molar-refractivity contribution in [3.8, 4) is 0 Å². The molecule has 0 aromatic carbocycles. The monoisotopic (exact) mass is 291 g/mol. The summed E-state index contributed by atoms with van der Waals surface area (Å²) in [4.78, 5) is 26.1. The zero-order chi connectivity index (χ0) is 15.2. The van der Waals surface area contributed by atoms with Crippen LogP contribution in [-0.4, -0.2) is 44.8 Å². The summed E-state index contributed by atoms with van der Waals surface area (Å²) in [7, 11) is 1.82. The van der Waals surface area contributed by atoms with Crippen LogP contribution < -0.4 is 0 Å². The number of amides is 1. The van der Waals surface area contributed by atoms with Crippen LogP contribution in [0.1, 0.15) is 37.8 Å². The SMILES string of the molecule is CC(C(=O)N1C[C@@H]2CCC[C@@]2(C(=O)O)C1)c1ccnn1C. The maximum absolute atomic E-state index is 12.7. The Kier molecular flexibility index (Phi) is 3.26. The Hall–Kier alpha value is -1.85. The molecule has 0 bridgehead atoms. The van der Waals surface area contributed by atoms with Gasteiger partial charge in [-0.25, -0.2) is 0 Å². The molecule has 2 heterocycles. The number of carbonyl (C=O) groups excluding carboxylic acids is 1. The van der Waals surface area contributed by atoms with E-state index in [2.05, 4.69) is 5.10 Å². The van der Waals surface area contributed by atoms with Gasteiger partial charge >= 0.3 is 5.97 Å². The third kappa shape index (κ3) is 2.04. The number of hydrogen-bond donors (Lipinski definition) is 1. The van der Waals surface area contributed by atoms with Gasteiger partial charge in [0.1, 0.15) is 0 Å². The average molecular weight is 291 g/mol. The molecule has 1 saturated heterocycles. The molecule has 1 unspecified atom stereocenters. The lowest BCUT2D eigenvalue weighted by atomic mass is 9.81. The number of nitrogens with zero attached hydrogens (tertiary/aromatic N) is 3. The fraction of sp³-hybridized carbons (Fsp3) is 0.667. The molecule has 0 radical (unpaired) electrons. The zero-order valence-electron chi connectivity index (χ0n) is 12.5. The Morgan fingerprint density at radius 3 is 2.86 bits per heavy atom. The van der Waals surface area contributed by atoms with Crippen LogP contribution >= 0.6 is 0 Å². The number of carboxylic acid groups (broad SMARTS) is 1. The molecule has 21 heavy (non-hydrogen) atoms. The minimum absolute atomic E-state index is 0.00799. The lowest BCUT2D eigenvalue weighted by Crippen LogP contribution is -2.38. The van der Waals surface area contributed by atoms with Crippen molar-refractivity contribution in [1.29, 1.82) is 0 Å². The van der Waals surface area contributed by atoms with Crippen molar-refractivity contribution in [1.82, 2.24) is 14.7 Å². The highest BCUT2D eigenvalue weighted by Gasteiger charge is 2.56. The predicted octanol–water partition coefficient (Wildman–Crippen LogP) is 1.24. The van der Waals surface area contributed by atoms with Gasteiger partial charge in [-0.3, -0.25) is 14.3 Å². The molecule has 0 spiro atoms. The Morgan fingerprint density at radius 1 is 1.52 bits per heavy atom. The van der Waals surface area contributed by atoms with Gasteiger partial charge in [-0.05, 0) is 31.7 Å². The molecule has 1 aliphatic heterocycles. The number of aromatic nitrogens is 2. The molecule has 1 aliphatic carbocycles. The van der Waals surface area contributed by atoms with E-state index in [0.717, 1.165) is 18.5 Å². The van der Waals surface area contributed by atoms with Crippen molar-refractivity contribution in [3.63, 3.8) is 0 Å². The smallest absolute Gasteiger partial charge is 0.311 e. The van der Waals surface area contributed by atoms with Crippen molar-refractivity contribution in [2.45, 2.75) is 32.1 Å². The van der Waals surface area contributed by atoms with Gasteiger partial charge in [-0.2, -0.15) is 5.10 Å². The molecule has 6 nitrogen and oxygen atoms in total. The summed E-state index contributed by atoms with van der Waals surface area (Å²) in [5.41, 5.74) is 0.156. The van der Waals surface area contributed by atoms with Gasteiger partial charge in [0.05, 0.1) is 17.0 Å². The summed E-state index contributed by atoms with van der Waals surface area (Å²) in [5.74, 6) is -0.915. The van der Waals surface area contributed by atoms with E-state index in [9.17, 15) is 14.7 Å². The minimum atomic E-state index is -0.742. The van der Waals surface area contributed by atoms with Crippen molar-refractivity contribution in [3.05, 3.63) is 18.0 Å². The first-order valence-electron chi connectivity index (χ1n) is 7.46. The Bertz CT molecular complexity index is 582. The average Bonchev–Trinajstić information content (AvgIpc) is 3.09. The van der Waals surface area contributed by atoms with Crippen LogP contribution in [-0.2, 0) is 16.6 Å². The fourth-order valence-electron chi connectivity index (χ4n) is 4.02. The van der Waals surface area contributed by atoms with E-state index < -0.39 is 11.4 Å². The first-order chi connectivity index (χ1) is 9.95. The number of likely N-dealkylation sites (tertiary alicyclic amines) is 1. The lowest BCUT2D eigenvalue weighted by Gasteiger charge is -2.25. The number of fused-ring (bicyclic) bond motifs is 1. The van der Waals surface area contributed by atoms with Crippen molar-refractivity contribution >= 4 is 11.9 Å². The van der Waals surface area contributed by atoms with Crippen LogP contribution in [0.4, 0.5) is 0 Å². The molecule has 6 heteroatoms. The Morgan fingerprint density at radius 2 is 2.29 bits per heavy atom. The third-order valence-electron chi connectivity index (χ3n) is 5.28. The van der Waals surface area contributed by atoms with Crippen LogP contribution in [0, 0.1) is 11.3 Å². The molecule has 114 valence electrons. The fourth-order valence-corrected chi connectivity index (χ4v) is 4.02. The number of hydrogen-bond acceptors (Lipinski definition) is 3. The largest absolute Gasteiger partial charge is 0.481 e. The third-order valence-corrected chi connectivity index (χ3v) is 5.28. The first-order valence-corrected chi connectivity index (χ1v) is 7.46. The molecule has 3 atom stereocenters. The summed E-state index contributed by atoms with van der Waals surface area (Å²) in [5, 5.41) is 13.7. The van der Waals surface area contributed by atoms with Gasteiger partial charge in [0, 0.05) is 26.3 Å². The summed E-state index contributed by atoms with van der Waals surface area (Å²) < 4.78 is 1.70. The van der Waals surface area contributed by atoms with Crippen LogP contribution in [0.5, 0.6) is 0 Å². The summed E-state index contributed by atoms with van der Waals surface area (Å²) in [6.07, 6.45) is 4.24. The molecule has 1 saturated carbocycles. The highest BCUT2D eigenvalue weighted by atomic mass is 16.4. The molecule has 1 N–H and O–H groups in total. The van der Waals surface area contributed by atoms with Gasteiger partial charge in [-0.1, -0.05) is 6.42 Å². The van der Waals surface area contributed by atoms with Crippen LogP contribution in [0.25, 0.3) is 0 Å². The second-order valence-corrected chi connectivity index (χ2v) is 6.37. The van der Waals surface area contributed by atoms with Gasteiger partial charge in [0.15, 0.2) is 0 Å². The number of aliphatic carboxylic acids is 1. The van der Waals surface area contributed by atoms with E-state index in [1.165, 1.54) is 0 Å². The van der Waals surface area contributed by atoms with E-state index >= 15 is 0 Å². The summed E-state index contributed by atoms with van der Waals surface area (Å²) in [6.45, 7) is 2.79. The van der Waals surface area contributed by atoms with E-state index in [-0.39, 0.29) is 17.7 Å². The topological polar surface area (TPSA) is 75.4 Å². The molecular weight excluding hydrogens is 270 g/mol. The Labute approximate surface area is 123 Å². The quantitative estimate of drug-likeness (QED) is 0.909. The lowest BCUT2D eigenvalue weighted by molar-refractivity contribution is -0.149. The second-order valence-electron chi connectivity index (χ2n) is 6.37. The van der Waals surface area contributed by atoms with E-state index in [1.54, 1.807) is 15.8 Å². The second kappa shape index (κ2) is 4.86. The van der Waals surface area contributed by atoms with Crippen LogP contribution in [0.3, 0.4) is 0 Å². The molecule has 2 aliphatic rings. The number of carboxylic acids is 1. The van der Waals surface area contributed by atoms with E-state index in [0.29, 0.717) is 19.5 Å². The predicted molar refractivity (Wildman–Crippen MR) is 75.6 cm³/mol. The van der Waals surface area contributed by atoms with E-state index in [1.807, 2.05) is 20.0 Å². The molecule has 1 amide bonds. The summed E-state index contributed by atoms with van der Waals surface area (Å²) in [6, 6.07) is 1.84. The van der Waals surface area contributed by atoms with E-state index in [4.69, 9.17) is 0 Å². The highest BCUT2D eigenvalue weighted by molar-refractivity contribution is 5.85. The van der Waals surface area contributed by atoms with Crippen molar-refractivity contribution in [2.75, 3.05) is 13.1 Å². The molecule has 1 aromatic heterocycles. The number of carbonyl (C=O) groups is 2. The van der Waals surface area contributed by atoms with Crippen LogP contribution in [0.15, 0.2) is 12.3 Å². The first kappa shape index (κ1) is 14.1. The Balaban J connectivity index is 1.79. The van der Waals surface area contributed by atoms with Gasteiger partial charge < -0.3 is 10.0 Å². The molecule has 1 aromatic rings. The maximum Gasteiger partial charge on any atom is 0.311 e. The molecule has 2 fully saturated rings.